The van der Waals surface area contributed by atoms with Crippen molar-refractivity contribution in [2.45, 2.75) is 37.4 Å². The van der Waals surface area contributed by atoms with E-state index in [1.807, 2.05) is 40.8 Å². The summed E-state index contributed by atoms with van der Waals surface area (Å²) in [6, 6.07) is 7.86. The van der Waals surface area contributed by atoms with Crippen molar-refractivity contribution in [1.29, 1.82) is 0 Å². The van der Waals surface area contributed by atoms with Crippen LogP contribution in [0.5, 0.6) is 5.75 Å². The predicted octanol–water partition coefficient (Wildman–Crippen LogP) is 2.99. The number of ether oxygens (including phenoxy) is 3. The highest BCUT2D eigenvalue weighted by Gasteiger charge is 2.45. The summed E-state index contributed by atoms with van der Waals surface area (Å²) >= 11 is 0. The molecule has 1 aromatic carbocycles. The Morgan fingerprint density at radius 2 is 2.00 bits per heavy atom. The molecule has 6 nitrogen and oxygen atoms in total. The molecule has 0 saturated carbocycles. The summed E-state index contributed by atoms with van der Waals surface area (Å²) in [5.74, 6) is 0.870. The SMILES string of the molecule is COc1ccc2cc(C(=O)N3CCC4(CC3)OCCC[C@H]4OC)n(C)c2c1. The van der Waals surface area contributed by atoms with E-state index < -0.39 is 0 Å². The van der Waals surface area contributed by atoms with Crippen LogP contribution in [-0.2, 0) is 16.5 Å². The third kappa shape index (κ3) is 3.11. The van der Waals surface area contributed by atoms with Gasteiger partial charge in [-0.25, -0.2) is 0 Å². The number of nitrogens with zero attached hydrogens (tertiary/aromatic N) is 2. The van der Waals surface area contributed by atoms with Crippen LogP contribution in [0.2, 0.25) is 0 Å². The van der Waals surface area contributed by atoms with Crippen molar-refractivity contribution in [3.05, 3.63) is 30.0 Å². The summed E-state index contributed by atoms with van der Waals surface area (Å²) < 4.78 is 19.1. The molecule has 1 aromatic heterocycles. The topological polar surface area (TPSA) is 52.9 Å². The predicted molar refractivity (Wildman–Crippen MR) is 103 cm³/mol. The number of hydrogen-bond donors (Lipinski definition) is 0. The molecular formula is C21H28N2O4. The number of piperidine rings is 1. The molecule has 4 rings (SSSR count). The largest absolute Gasteiger partial charge is 0.497 e. The maximum absolute atomic E-state index is 13.2. The zero-order chi connectivity index (χ0) is 19.0. The van der Waals surface area contributed by atoms with E-state index in [1.54, 1.807) is 14.2 Å². The number of carbonyl (C=O) groups excluding carboxylic acids is 1. The fraction of sp³-hybridized carbons (Fsp3) is 0.571. The van der Waals surface area contributed by atoms with Gasteiger partial charge < -0.3 is 23.7 Å². The second-order valence-electron chi connectivity index (χ2n) is 7.59. The average molecular weight is 372 g/mol. The Morgan fingerprint density at radius 1 is 1.22 bits per heavy atom. The fourth-order valence-corrected chi connectivity index (χ4v) is 4.59. The summed E-state index contributed by atoms with van der Waals surface area (Å²) in [7, 11) is 5.36. The molecule has 2 aromatic rings. The molecule has 3 heterocycles. The minimum atomic E-state index is -0.226. The van der Waals surface area contributed by atoms with Crippen LogP contribution >= 0.6 is 0 Å². The van der Waals surface area contributed by atoms with Gasteiger partial charge in [-0.15, -0.1) is 0 Å². The van der Waals surface area contributed by atoms with Gasteiger partial charge in [-0.1, -0.05) is 0 Å². The number of likely N-dealkylation sites (tertiary alicyclic amines) is 1. The lowest BCUT2D eigenvalue weighted by molar-refractivity contribution is -0.183. The Kier molecular flexibility index (Phi) is 4.86. The summed E-state index contributed by atoms with van der Waals surface area (Å²) in [6.45, 7) is 2.19. The van der Waals surface area contributed by atoms with Gasteiger partial charge >= 0.3 is 0 Å². The van der Waals surface area contributed by atoms with Gasteiger partial charge in [0.2, 0.25) is 0 Å². The van der Waals surface area contributed by atoms with Crippen LogP contribution in [0.4, 0.5) is 0 Å². The van der Waals surface area contributed by atoms with Crippen LogP contribution in [0.25, 0.3) is 10.9 Å². The molecule has 6 heteroatoms. The Balaban J connectivity index is 1.53. The van der Waals surface area contributed by atoms with E-state index in [-0.39, 0.29) is 17.6 Å². The Bertz CT molecular complexity index is 836. The summed E-state index contributed by atoms with van der Waals surface area (Å²) in [6.07, 6.45) is 3.87. The maximum Gasteiger partial charge on any atom is 0.270 e. The van der Waals surface area contributed by atoms with Gasteiger partial charge in [0.15, 0.2) is 0 Å². The zero-order valence-corrected chi connectivity index (χ0v) is 16.4. The number of carbonyl (C=O) groups is 1. The van der Waals surface area contributed by atoms with Crippen molar-refractivity contribution in [2.75, 3.05) is 33.9 Å². The number of fused-ring (bicyclic) bond motifs is 1. The van der Waals surface area contributed by atoms with Crippen molar-refractivity contribution >= 4 is 16.8 Å². The minimum absolute atomic E-state index is 0.0762. The van der Waals surface area contributed by atoms with Gasteiger partial charge in [0.1, 0.15) is 11.4 Å². The Hall–Kier alpha value is -2.05. The molecule has 2 aliphatic rings. The Morgan fingerprint density at radius 3 is 2.70 bits per heavy atom. The molecular weight excluding hydrogens is 344 g/mol. The third-order valence-corrected chi connectivity index (χ3v) is 6.24. The minimum Gasteiger partial charge on any atom is -0.497 e. The van der Waals surface area contributed by atoms with E-state index in [1.165, 1.54) is 0 Å². The quantitative estimate of drug-likeness (QED) is 0.831. The smallest absolute Gasteiger partial charge is 0.270 e. The molecule has 0 N–H and O–H groups in total. The van der Waals surface area contributed by atoms with Crippen LogP contribution in [0, 0.1) is 0 Å². The molecule has 0 radical (unpaired) electrons. The normalized spacial score (nSPS) is 22.3. The number of rotatable bonds is 3. The van der Waals surface area contributed by atoms with Crippen molar-refractivity contribution < 1.29 is 19.0 Å². The molecule has 1 spiro atoms. The van der Waals surface area contributed by atoms with Crippen molar-refractivity contribution in [3.63, 3.8) is 0 Å². The highest BCUT2D eigenvalue weighted by Crippen LogP contribution is 2.37. The number of aromatic nitrogens is 1. The first-order valence-corrected chi connectivity index (χ1v) is 9.67. The maximum atomic E-state index is 13.2. The van der Waals surface area contributed by atoms with E-state index in [0.717, 1.165) is 48.9 Å². The fourth-order valence-electron chi connectivity index (χ4n) is 4.59. The highest BCUT2D eigenvalue weighted by atomic mass is 16.5. The average Bonchev–Trinajstić information content (AvgIpc) is 3.04. The molecule has 2 aliphatic heterocycles. The molecule has 2 fully saturated rings. The standard InChI is InChI=1S/C21H28N2O4/c1-22-17-14-16(25-2)7-6-15(17)13-18(22)20(24)23-10-8-21(9-11-23)19(26-3)5-4-12-27-21/h6-7,13-14,19H,4-5,8-12H2,1-3H3/t19-/m1/s1. The lowest BCUT2D eigenvalue weighted by atomic mass is 9.82. The monoisotopic (exact) mass is 372 g/mol. The van der Waals surface area contributed by atoms with Crippen LogP contribution in [0.1, 0.15) is 36.2 Å². The molecule has 0 bridgehead atoms. The molecule has 1 atom stereocenters. The van der Waals surface area contributed by atoms with Crippen LogP contribution in [0.15, 0.2) is 24.3 Å². The molecule has 1 amide bonds. The highest BCUT2D eigenvalue weighted by molar-refractivity contribution is 5.99. The van der Waals surface area contributed by atoms with E-state index in [9.17, 15) is 4.79 Å². The third-order valence-electron chi connectivity index (χ3n) is 6.24. The van der Waals surface area contributed by atoms with Crippen molar-refractivity contribution in [2.24, 2.45) is 7.05 Å². The second kappa shape index (κ2) is 7.17. The van der Waals surface area contributed by atoms with Gasteiger partial charge in [0.25, 0.3) is 5.91 Å². The van der Waals surface area contributed by atoms with Crippen molar-refractivity contribution in [3.8, 4) is 5.75 Å². The Labute approximate surface area is 160 Å². The van der Waals surface area contributed by atoms with Crippen LogP contribution < -0.4 is 4.74 Å². The number of methoxy groups -OCH3 is 2. The molecule has 146 valence electrons. The molecule has 2 saturated heterocycles. The first-order valence-electron chi connectivity index (χ1n) is 9.67. The van der Waals surface area contributed by atoms with Crippen LogP contribution in [0.3, 0.4) is 0 Å². The summed E-state index contributed by atoms with van der Waals surface area (Å²) in [5, 5.41) is 1.05. The number of benzene rings is 1. The number of aryl methyl sites for hydroxylation is 1. The molecule has 0 aliphatic carbocycles. The number of amides is 1. The van der Waals surface area contributed by atoms with Crippen molar-refractivity contribution in [1.82, 2.24) is 9.47 Å². The van der Waals surface area contributed by atoms with Gasteiger partial charge in [-0.2, -0.15) is 0 Å². The lowest BCUT2D eigenvalue weighted by Gasteiger charge is -2.48. The van der Waals surface area contributed by atoms with E-state index in [2.05, 4.69) is 0 Å². The van der Waals surface area contributed by atoms with E-state index >= 15 is 0 Å². The van der Waals surface area contributed by atoms with Gasteiger partial charge in [-0.05, 0) is 43.9 Å². The zero-order valence-electron chi connectivity index (χ0n) is 16.4. The van der Waals surface area contributed by atoms with Crippen LogP contribution in [-0.4, -0.2) is 61.0 Å². The van der Waals surface area contributed by atoms with E-state index in [4.69, 9.17) is 14.2 Å². The first kappa shape index (κ1) is 18.3. The summed E-state index contributed by atoms with van der Waals surface area (Å²) in [4.78, 5) is 15.1. The second-order valence-corrected chi connectivity index (χ2v) is 7.59. The first-order chi connectivity index (χ1) is 13.1. The van der Waals surface area contributed by atoms with Gasteiger partial charge in [-0.3, -0.25) is 4.79 Å². The summed E-state index contributed by atoms with van der Waals surface area (Å²) in [5.41, 5.74) is 1.49. The number of hydrogen-bond acceptors (Lipinski definition) is 4. The molecule has 27 heavy (non-hydrogen) atoms. The van der Waals surface area contributed by atoms with Gasteiger partial charge in [0, 0.05) is 45.3 Å². The molecule has 0 unspecified atom stereocenters. The van der Waals surface area contributed by atoms with Gasteiger partial charge in [0.05, 0.1) is 24.3 Å². The lowest BCUT2D eigenvalue weighted by Crippen LogP contribution is -2.56. The van der Waals surface area contributed by atoms with E-state index in [0.29, 0.717) is 18.8 Å².